The second kappa shape index (κ2) is 15.9. The standard InChI is InChI=1S/C14H31NO2.H2/c1-3-5-6-7-8-11-16-13-14-17-12-10-15-9-4-2;/h15H,3-14H2,1-2H3;1H. The lowest BCUT2D eigenvalue weighted by atomic mass is 10.2. The zero-order valence-electron chi connectivity index (χ0n) is 11.8. The van der Waals surface area contributed by atoms with E-state index in [-0.39, 0.29) is 1.43 Å². The molecule has 0 saturated carbocycles. The molecule has 106 valence electrons. The lowest BCUT2D eigenvalue weighted by molar-refractivity contribution is 0.0474. The molecule has 0 bridgehead atoms. The van der Waals surface area contributed by atoms with Gasteiger partial charge in [0, 0.05) is 14.6 Å². The molecular formula is C14H33NO2. The molecule has 0 aromatic heterocycles. The van der Waals surface area contributed by atoms with E-state index < -0.39 is 0 Å². The molecule has 0 amide bonds. The van der Waals surface area contributed by atoms with Crippen molar-refractivity contribution in [3.05, 3.63) is 0 Å². The third kappa shape index (κ3) is 15.9. The molecule has 0 atom stereocenters. The van der Waals surface area contributed by atoms with Crippen LogP contribution in [-0.2, 0) is 9.47 Å². The van der Waals surface area contributed by atoms with Crippen molar-refractivity contribution in [1.29, 1.82) is 0 Å². The quantitative estimate of drug-likeness (QED) is 0.478. The lowest BCUT2D eigenvalue weighted by Gasteiger charge is -2.06. The van der Waals surface area contributed by atoms with E-state index in [1.54, 1.807) is 0 Å². The fourth-order valence-corrected chi connectivity index (χ4v) is 1.58. The highest BCUT2D eigenvalue weighted by Crippen LogP contribution is 2.02. The summed E-state index contributed by atoms with van der Waals surface area (Å²) in [7, 11) is 0. The van der Waals surface area contributed by atoms with Gasteiger partial charge in [-0.25, -0.2) is 0 Å². The molecule has 0 aromatic carbocycles. The van der Waals surface area contributed by atoms with Gasteiger partial charge in [-0.15, -0.1) is 0 Å². The summed E-state index contributed by atoms with van der Waals surface area (Å²) in [4.78, 5) is 0. The van der Waals surface area contributed by atoms with Crippen molar-refractivity contribution in [2.75, 3.05) is 39.5 Å². The van der Waals surface area contributed by atoms with Gasteiger partial charge in [0.15, 0.2) is 0 Å². The third-order valence-electron chi connectivity index (χ3n) is 2.61. The van der Waals surface area contributed by atoms with Crippen LogP contribution in [0.15, 0.2) is 0 Å². The van der Waals surface area contributed by atoms with Gasteiger partial charge in [0.2, 0.25) is 0 Å². The second-order valence-electron chi connectivity index (χ2n) is 4.39. The van der Waals surface area contributed by atoms with E-state index in [1.165, 1.54) is 38.5 Å². The van der Waals surface area contributed by atoms with E-state index in [1.807, 2.05) is 0 Å². The number of unbranched alkanes of at least 4 members (excludes halogenated alkanes) is 4. The third-order valence-corrected chi connectivity index (χ3v) is 2.61. The average Bonchev–Trinajstić information content (AvgIpc) is 2.35. The van der Waals surface area contributed by atoms with Crippen LogP contribution in [0, 0.1) is 0 Å². The Bertz CT molecular complexity index is 123. The molecule has 3 heteroatoms. The zero-order valence-corrected chi connectivity index (χ0v) is 11.8. The topological polar surface area (TPSA) is 30.5 Å². The van der Waals surface area contributed by atoms with E-state index in [2.05, 4.69) is 19.2 Å². The Balaban J connectivity index is 0. The van der Waals surface area contributed by atoms with Gasteiger partial charge in [-0.2, -0.15) is 0 Å². The fourth-order valence-electron chi connectivity index (χ4n) is 1.58. The van der Waals surface area contributed by atoms with E-state index in [0.717, 1.165) is 39.5 Å². The highest BCUT2D eigenvalue weighted by Gasteiger charge is 1.91. The van der Waals surface area contributed by atoms with Gasteiger partial charge in [0.05, 0.1) is 19.8 Å². The number of ether oxygens (including phenoxy) is 2. The Hall–Kier alpha value is -0.120. The fraction of sp³-hybridized carbons (Fsp3) is 1.00. The molecule has 0 unspecified atom stereocenters. The van der Waals surface area contributed by atoms with E-state index in [4.69, 9.17) is 9.47 Å². The maximum Gasteiger partial charge on any atom is 0.0701 e. The van der Waals surface area contributed by atoms with Crippen LogP contribution in [0.1, 0.15) is 53.8 Å². The van der Waals surface area contributed by atoms with Crippen LogP contribution in [-0.4, -0.2) is 39.5 Å². The largest absolute Gasteiger partial charge is 0.379 e. The van der Waals surface area contributed by atoms with E-state index in [0.29, 0.717) is 0 Å². The Morgan fingerprint density at radius 2 is 1.41 bits per heavy atom. The summed E-state index contributed by atoms with van der Waals surface area (Å²) >= 11 is 0. The number of hydrogen-bond acceptors (Lipinski definition) is 3. The lowest BCUT2D eigenvalue weighted by Crippen LogP contribution is -2.21. The van der Waals surface area contributed by atoms with E-state index >= 15 is 0 Å². The summed E-state index contributed by atoms with van der Waals surface area (Å²) in [5.41, 5.74) is 0. The molecule has 0 spiro atoms. The van der Waals surface area contributed by atoms with Crippen LogP contribution < -0.4 is 5.32 Å². The van der Waals surface area contributed by atoms with Gasteiger partial charge in [0.25, 0.3) is 0 Å². The van der Waals surface area contributed by atoms with Gasteiger partial charge in [-0.1, -0.05) is 39.5 Å². The normalized spacial score (nSPS) is 10.9. The van der Waals surface area contributed by atoms with Crippen molar-refractivity contribution in [2.24, 2.45) is 0 Å². The molecule has 0 radical (unpaired) electrons. The maximum absolute atomic E-state index is 5.50. The molecule has 0 aliphatic heterocycles. The molecule has 0 rings (SSSR count). The van der Waals surface area contributed by atoms with Crippen LogP contribution >= 0.6 is 0 Å². The predicted octanol–water partition coefficient (Wildman–Crippen LogP) is 3.24. The SMILES string of the molecule is CCCCCCCOCCOCCNCCC.[HH]. The minimum Gasteiger partial charge on any atom is -0.379 e. The van der Waals surface area contributed by atoms with Crippen LogP contribution in [0.4, 0.5) is 0 Å². The molecule has 0 aliphatic rings. The second-order valence-corrected chi connectivity index (χ2v) is 4.39. The minimum atomic E-state index is 0. The monoisotopic (exact) mass is 247 g/mol. The molecule has 17 heavy (non-hydrogen) atoms. The summed E-state index contributed by atoms with van der Waals surface area (Å²) in [5, 5.41) is 3.30. The first-order valence-electron chi connectivity index (χ1n) is 7.28. The Kier molecular flexibility index (Phi) is 15.8. The van der Waals surface area contributed by atoms with Gasteiger partial charge in [-0.3, -0.25) is 0 Å². The molecular weight excluding hydrogens is 214 g/mol. The van der Waals surface area contributed by atoms with E-state index in [9.17, 15) is 0 Å². The summed E-state index contributed by atoms with van der Waals surface area (Å²) in [5.74, 6) is 0. The van der Waals surface area contributed by atoms with Crippen molar-refractivity contribution in [1.82, 2.24) is 5.32 Å². The minimum absolute atomic E-state index is 0. The Morgan fingerprint density at radius 3 is 2.12 bits per heavy atom. The van der Waals surface area contributed by atoms with Crippen LogP contribution in [0.3, 0.4) is 0 Å². The molecule has 0 aliphatic carbocycles. The van der Waals surface area contributed by atoms with Crippen molar-refractivity contribution in [3.8, 4) is 0 Å². The van der Waals surface area contributed by atoms with Crippen LogP contribution in [0.2, 0.25) is 0 Å². The highest BCUT2D eigenvalue weighted by molar-refractivity contribution is 4.44. The van der Waals surface area contributed by atoms with Gasteiger partial charge >= 0.3 is 0 Å². The first-order chi connectivity index (χ1) is 8.41. The number of nitrogens with one attached hydrogen (secondary N) is 1. The van der Waals surface area contributed by atoms with Crippen molar-refractivity contribution >= 4 is 0 Å². The zero-order chi connectivity index (χ0) is 12.6. The molecule has 0 saturated heterocycles. The number of hydrogen-bond donors (Lipinski definition) is 1. The van der Waals surface area contributed by atoms with Crippen LogP contribution in [0.5, 0.6) is 0 Å². The molecule has 1 N–H and O–H groups in total. The predicted molar refractivity (Wildman–Crippen MR) is 75.7 cm³/mol. The van der Waals surface area contributed by atoms with Crippen molar-refractivity contribution < 1.29 is 10.9 Å². The summed E-state index contributed by atoms with van der Waals surface area (Å²) in [6.07, 6.45) is 7.68. The van der Waals surface area contributed by atoms with Crippen LogP contribution in [0.25, 0.3) is 0 Å². The summed E-state index contributed by atoms with van der Waals surface area (Å²) < 4.78 is 10.9. The maximum atomic E-state index is 5.50. The molecule has 0 aromatic rings. The Morgan fingerprint density at radius 1 is 0.706 bits per heavy atom. The van der Waals surface area contributed by atoms with Gasteiger partial charge in [0.1, 0.15) is 0 Å². The first-order valence-corrected chi connectivity index (χ1v) is 7.28. The molecule has 0 fully saturated rings. The number of rotatable bonds is 14. The first kappa shape index (κ1) is 16.9. The summed E-state index contributed by atoms with van der Waals surface area (Å²) in [6, 6.07) is 0. The van der Waals surface area contributed by atoms with Crippen molar-refractivity contribution in [2.45, 2.75) is 52.4 Å². The molecule has 3 nitrogen and oxygen atoms in total. The molecule has 0 heterocycles. The van der Waals surface area contributed by atoms with Crippen molar-refractivity contribution in [3.63, 3.8) is 0 Å². The smallest absolute Gasteiger partial charge is 0.0701 e. The summed E-state index contributed by atoms with van der Waals surface area (Å²) in [6.45, 7) is 9.58. The average molecular weight is 247 g/mol. The highest BCUT2D eigenvalue weighted by atomic mass is 16.5. The van der Waals surface area contributed by atoms with Gasteiger partial charge < -0.3 is 14.8 Å². The Labute approximate surface area is 109 Å². The van der Waals surface area contributed by atoms with Gasteiger partial charge in [-0.05, 0) is 19.4 Å².